The third-order valence-corrected chi connectivity index (χ3v) is 4.05. The number of anilines is 2. The van der Waals surface area contributed by atoms with Crippen molar-refractivity contribution in [2.24, 2.45) is 0 Å². The first-order valence-electron chi connectivity index (χ1n) is 7.91. The van der Waals surface area contributed by atoms with Crippen LogP contribution in [0.4, 0.5) is 11.4 Å². The summed E-state index contributed by atoms with van der Waals surface area (Å²) in [5, 5.41) is 7.46. The summed E-state index contributed by atoms with van der Waals surface area (Å²) >= 11 is 6.11. The van der Waals surface area contributed by atoms with Crippen molar-refractivity contribution >= 4 is 28.9 Å². The van der Waals surface area contributed by atoms with Gasteiger partial charge in [-0.1, -0.05) is 41.9 Å². The Labute approximate surface area is 146 Å². The van der Waals surface area contributed by atoms with Crippen molar-refractivity contribution in [1.29, 1.82) is 0 Å². The van der Waals surface area contributed by atoms with E-state index in [0.29, 0.717) is 18.1 Å². The zero-order valence-electron chi connectivity index (χ0n) is 13.4. The highest BCUT2D eigenvalue weighted by atomic mass is 35.5. The molecular weight excluding hydrogens is 324 g/mol. The average molecular weight is 343 g/mol. The summed E-state index contributed by atoms with van der Waals surface area (Å²) in [5.74, 6) is -0.350. The van der Waals surface area contributed by atoms with Crippen LogP contribution in [0.5, 0.6) is 0 Å². The van der Waals surface area contributed by atoms with E-state index in [9.17, 15) is 4.79 Å². The van der Waals surface area contributed by atoms with Crippen molar-refractivity contribution in [1.82, 2.24) is 0 Å². The van der Waals surface area contributed by atoms with Crippen LogP contribution in [-0.2, 0) is 9.53 Å². The van der Waals surface area contributed by atoms with Gasteiger partial charge in [-0.05, 0) is 30.7 Å². The molecule has 2 N–H and O–H groups in total. The molecule has 2 aromatic carbocycles. The molecule has 0 radical (unpaired) electrons. The summed E-state index contributed by atoms with van der Waals surface area (Å²) in [6.07, 6.45) is 2.15. The number of esters is 1. The molecular formula is C19H19ClN2O2. The number of halogens is 1. The topological polar surface area (TPSA) is 50.4 Å². The van der Waals surface area contributed by atoms with Gasteiger partial charge in [0, 0.05) is 23.2 Å². The first kappa shape index (κ1) is 16.4. The SMILES string of the molecule is CCOC(=O)/C=C1/CC(c2ccccc2)Nc2ccc(Cl)cc2N1. The van der Waals surface area contributed by atoms with Gasteiger partial charge in [-0.2, -0.15) is 0 Å². The van der Waals surface area contributed by atoms with E-state index in [4.69, 9.17) is 16.3 Å². The highest BCUT2D eigenvalue weighted by Crippen LogP contribution is 2.36. The molecule has 24 heavy (non-hydrogen) atoms. The molecule has 2 aromatic rings. The van der Waals surface area contributed by atoms with Gasteiger partial charge in [0.25, 0.3) is 0 Å². The van der Waals surface area contributed by atoms with Crippen molar-refractivity contribution in [2.45, 2.75) is 19.4 Å². The van der Waals surface area contributed by atoms with Crippen LogP contribution < -0.4 is 10.6 Å². The predicted octanol–water partition coefficient (Wildman–Crippen LogP) is 4.76. The first-order valence-corrected chi connectivity index (χ1v) is 8.29. The molecule has 0 aliphatic carbocycles. The molecule has 0 aromatic heterocycles. The lowest BCUT2D eigenvalue weighted by molar-refractivity contribution is -0.137. The van der Waals surface area contributed by atoms with Gasteiger partial charge in [0.1, 0.15) is 0 Å². The monoisotopic (exact) mass is 342 g/mol. The van der Waals surface area contributed by atoms with E-state index in [0.717, 1.165) is 22.6 Å². The predicted molar refractivity (Wildman–Crippen MR) is 97.2 cm³/mol. The Balaban J connectivity index is 1.97. The van der Waals surface area contributed by atoms with Crippen LogP contribution in [0.3, 0.4) is 0 Å². The molecule has 1 heterocycles. The van der Waals surface area contributed by atoms with Crippen molar-refractivity contribution in [3.8, 4) is 0 Å². The zero-order chi connectivity index (χ0) is 16.9. The summed E-state index contributed by atoms with van der Waals surface area (Å²) < 4.78 is 5.04. The van der Waals surface area contributed by atoms with E-state index in [1.54, 1.807) is 6.92 Å². The molecule has 0 saturated heterocycles. The van der Waals surface area contributed by atoms with E-state index in [-0.39, 0.29) is 12.0 Å². The molecule has 0 saturated carbocycles. The van der Waals surface area contributed by atoms with Crippen LogP contribution in [0.2, 0.25) is 5.02 Å². The molecule has 1 aliphatic rings. The molecule has 3 rings (SSSR count). The maximum Gasteiger partial charge on any atom is 0.332 e. The fourth-order valence-corrected chi connectivity index (χ4v) is 2.91. The molecule has 0 amide bonds. The lowest BCUT2D eigenvalue weighted by Gasteiger charge is -2.18. The van der Waals surface area contributed by atoms with E-state index in [1.807, 2.05) is 36.4 Å². The van der Waals surface area contributed by atoms with Crippen molar-refractivity contribution in [2.75, 3.05) is 17.2 Å². The number of nitrogens with one attached hydrogen (secondary N) is 2. The fourth-order valence-electron chi connectivity index (χ4n) is 2.74. The standard InChI is InChI=1S/C19H19ClN2O2/c1-2-24-19(23)12-15-11-17(13-6-4-3-5-7-13)22-16-9-8-14(20)10-18(16)21-15/h3-10,12,17,21-22H,2,11H2,1H3/b15-12-. The first-order chi connectivity index (χ1) is 11.7. The van der Waals surface area contributed by atoms with Gasteiger partial charge in [-0.3, -0.25) is 0 Å². The van der Waals surface area contributed by atoms with Crippen LogP contribution in [0, 0.1) is 0 Å². The van der Waals surface area contributed by atoms with E-state index in [2.05, 4.69) is 22.8 Å². The van der Waals surface area contributed by atoms with E-state index in [1.165, 1.54) is 6.08 Å². The molecule has 1 aliphatic heterocycles. The fraction of sp³-hybridized carbons (Fsp3) is 0.211. The lowest BCUT2D eigenvalue weighted by atomic mass is 10.0. The second-order valence-corrected chi connectivity index (χ2v) is 5.98. The van der Waals surface area contributed by atoms with Gasteiger partial charge in [0.2, 0.25) is 0 Å². The lowest BCUT2D eigenvalue weighted by Crippen LogP contribution is -2.11. The van der Waals surface area contributed by atoms with Gasteiger partial charge in [-0.25, -0.2) is 4.79 Å². The van der Waals surface area contributed by atoms with Crippen molar-refractivity contribution < 1.29 is 9.53 Å². The van der Waals surface area contributed by atoms with E-state index >= 15 is 0 Å². The Morgan fingerprint density at radius 3 is 2.79 bits per heavy atom. The second-order valence-electron chi connectivity index (χ2n) is 5.55. The summed E-state index contributed by atoms with van der Waals surface area (Å²) in [4.78, 5) is 11.9. The minimum Gasteiger partial charge on any atom is -0.463 e. The average Bonchev–Trinajstić information content (AvgIpc) is 2.74. The maximum atomic E-state index is 11.9. The number of hydrogen-bond donors (Lipinski definition) is 2. The Morgan fingerprint density at radius 1 is 1.25 bits per heavy atom. The van der Waals surface area contributed by atoms with Gasteiger partial charge >= 0.3 is 5.97 Å². The summed E-state index contributed by atoms with van der Waals surface area (Å²) in [5.41, 5.74) is 3.73. The Bertz CT molecular complexity index is 759. The quantitative estimate of drug-likeness (QED) is 0.624. The van der Waals surface area contributed by atoms with Gasteiger partial charge in [0.15, 0.2) is 0 Å². The number of carbonyl (C=O) groups excluding carboxylic acids is 1. The molecule has 0 spiro atoms. The highest BCUT2D eigenvalue weighted by molar-refractivity contribution is 6.31. The number of ether oxygens (including phenoxy) is 1. The Morgan fingerprint density at radius 2 is 2.04 bits per heavy atom. The summed E-state index contributed by atoms with van der Waals surface area (Å²) in [7, 11) is 0. The van der Waals surface area contributed by atoms with Crippen molar-refractivity contribution in [3.05, 3.63) is 70.9 Å². The minimum absolute atomic E-state index is 0.0433. The van der Waals surface area contributed by atoms with Crippen LogP contribution >= 0.6 is 11.6 Å². The third kappa shape index (κ3) is 3.89. The molecule has 4 nitrogen and oxygen atoms in total. The van der Waals surface area contributed by atoms with Crippen LogP contribution in [-0.4, -0.2) is 12.6 Å². The summed E-state index contributed by atoms with van der Waals surface area (Å²) in [6, 6.07) is 15.8. The number of carbonyl (C=O) groups is 1. The number of benzene rings is 2. The van der Waals surface area contributed by atoms with Gasteiger partial charge < -0.3 is 15.4 Å². The smallest absolute Gasteiger partial charge is 0.332 e. The second kappa shape index (κ2) is 7.41. The largest absolute Gasteiger partial charge is 0.463 e. The molecule has 1 unspecified atom stereocenters. The molecule has 124 valence electrons. The number of hydrogen-bond acceptors (Lipinski definition) is 4. The Kier molecular flexibility index (Phi) is 5.06. The third-order valence-electron chi connectivity index (χ3n) is 3.81. The molecule has 0 fully saturated rings. The molecule has 1 atom stereocenters. The highest BCUT2D eigenvalue weighted by Gasteiger charge is 2.21. The van der Waals surface area contributed by atoms with Gasteiger partial charge in [0.05, 0.1) is 24.0 Å². The normalized spacial score (nSPS) is 18.1. The number of fused-ring (bicyclic) bond motifs is 1. The van der Waals surface area contributed by atoms with Crippen LogP contribution in [0.15, 0.2) is 60.3 Å². The minimum atomic E-state index is -0.350. The molecule has 5 heteroatoms. The molecule has 0 bridgehead atoms. The zero-order valence-corrected chi connectivity index (χ0v) is 14.1. The van der Waals surface area contributed by atoms with Crippen LogP contribution in [0.25, 0.3) is 0 Å². The van der Waals surface area contributed by atoms with Crippen LogP contribution in [0.1, 0.15) is 24.9 Å². The summed E-state index contributed by atoms with van der Waals surface area (Å²) in [6.45, 7) is 2.14. The number of rotatable bonds is 3. The maximum absolute atomic E-state index is 11.9. The van der Waals surface area contributed by atoms with Crippen molar-refractivity contribution in [3.63, 3.8) is 0 Å². The Hall–Kier alpha value is -2.46. The van der Waals surface area contributed by atoms with Gasteiger partial charge in [-0.15, -0.1) is 0 Å². The van der Waals surface area contributed by atoms with E-state index < -0.39 is 0 Å².